The zero-order valence-electron chi connectivity index (χ0n) is 10.3. The Kier molecular flexibility index (Phi) is 4.37. The van der Waals surface area contributed by atoms with Gasteiger partial charge < -0.3 is 15.7 Å². The van der Waals surface area contributed by atoms with Crippen molar-refractivity contribution in [2.24, 2.45) is 10.9 Å². The van der Waals surface area contributed by atoms with Crippen LogP contribution in [0.3, 0.4) is 0 Å². The number of benzene rings is 1. The predicted octanol–water partition coefficient (Wildman–Crippen LogP) is 2.55. The summed E-state index contributed by atoms with van der Waals surface area (Å²) in [6.07, 6.45) is 1.49. The van der Waals surface area contributed by atoms with Crippen LogP contribution in [0.1, 0.15) is 11.3 Å². The van der Waals surface area contributed by atoms with Crippen molar-refractivity contribution in [1.82, 2.24) is 4.98 Å². The van der Waals surface area contributed by atoms with Crippen molar-refractivity contribution < 1.29 is 14.3 Å². The molecule has 3 N–H and O–H groups in total. The minimum Gasteiger partial charge on any atom is -0.486 e. The lowest BCUT2D eigenvalue weighted by Gasteiger charge is -2.08. The summed E-state index contributed by atoms with van der Waals surface area (Å²) in [5.74, 6) is -0.666. The first-order valence-electron chi connectivity index (χ1n) is 5.61. The topological polar surface area (TPSA) is 80.7 Å². The normalized spacial score (nSPS) is 11.4. The fourth-order valence-electron chi connectivity index (χ4n) is 1.51. The Morgan fingerprint density at radius 2 is 2.25 bits per heavy atom. The largest absolute Gasteiger partial charge is 0.486 e. The summed E-state index contributed by atoms with van der Waals surface area (Å²) in [4.78, 5) is 3.93. The van der Waals surface area contributed by atoms with Gasteiger partial charge in [-0.3, -0.25) is 4.98 Å². The fourth-order valence-corrected chi connectivity index (χ4v) is 1.68. The van der Waals surface area contributed by atoms with Crippen LogP contribution in [-0.4, -0.2) is 16.0 Å². The van der Waals surface area contributed by atoms with Crippen LogP contribution in [0.25, 0.3) is 0 Å². The number of aromatic nitrogens is 1. The monoisotopic (exact) mass is 295 g/mol. The molecule has 0 aliphatic heterocycles. The van der Waals surface area contributed by atoms with Gasteiger partial charge in [-0.2, -0.15) is 0 Å². The van der Waals surface area contributed by atoms with E-state index >= 15 is 0 Å². The minimum atomic E-state index is -0.611. The van der Waals surface area contributed by atoms with Gasteiger partial charge in [0.05, 0.1) is 5.02 Å². The van der Waals surface area contributed by atoms with E-state index < -0.39 is 5.82 Å². The molecule has 0 saturated carbocycles. The number of halogens is 2. The molecule has 2 rings (SSSR count). The Labute approximate surface area is 119 Å². The van der Waals surface area contributed by atoms with Gasteiger partial charge in [-0.05, 0) is 29.8 Å². The molecule has 1 aromatic carbocycles. The maximum atomic E-state index is 13.6. The van der Waals surface area contributed by atoms with E-state index in [2.05, 4.69) is 10.1 Å². The number of hydrogen-bond donors (Lipinski definition) is 2. The van der Waals surface area contributed by atoms with Gasteiger partial charge in [0.1, 0.15) is 12.3 Å². The van der Waals surface area contributed by atoms with E-state index in [4.69, 9.17) is 27.3 Å². The lowest BCUT2D eigenvalue weighted by Crippen LogP contribution is -2.15. The quantitative estimate of drug-likeness (QED) is 0.393. The van der Waals surface area contributed by atoms with Gasteiger partial charge in [0.15, 0.2) is 17.4 Å². The van der Waals surface area contributed by atoms with Crippen molar-refractivity contribution in [3.8, 4) is 5.75 Å². The zero-order chi connectivity index (χ0) is 14.5. The number of nitrogens with two attached hydrogens (primary N) is 1. The molecular weight excluding hydrogens is 285 g/mol. The lowest BCUT2D eigenvalue weighted by molar-refractivity contribution is 0.290. The molecule has 0 bridgehead atoms. The third-order valence-electron chi connectivity index (χ3n) is 2.51. The highest BCUT2D eigenvalue weighted by molar-refractivity contribution is 6.30. The number of hydrogen-bond acceptors (Lipinski definition) is 4. The SMILES string of the molecule is N/C(=N/O)c1cc(COc2cccc(Cl)c2F)ccn1. The Bertz CT molecular complexity index is 649. The molecule has 0 aliphatic rings. The van der Waals surface area contributed by atoms with E-state index in [-0.39, 0.29) is 23.2 Å². The maximum Gasteiger partial charge on any atom is 0.188 e. The van der Waals surface area contributed by atoms with Crippen LogP contribution in [0, 0.1) is 5.82 Å². The molecule has 0 amide bonds. The van der Waals surface area contributed by atoms with Crippen LogP contribution in [-0.2, 0) is 6.61 Å². The molecule has 0 aliphatic carbocycles. The molecule has 0 atom stereocenters. The number of amidine groups is 1. The molecule has 0 radical (unpaired) electrons. The first kappa shape index (κ1) is 14.1. The Balaban J connectivity index is 2.13. The highest BCUT2D eigenvalue weighted by Crippen LogP contribution is 2.24. The van der Waals surface area contributed by atoms with Crippen LogP contribution < -0.4 is 10.5 Å². The van der Waals surface area contributed by atoms with Crippen LogP contribution in [0.2, 0.25) is 5.02 Å². The third kappa shape index (κ3) is 3.16. The van der Waals surface area contributed by atoms with Gasteiger partial charge in [-0.15, -0.1) is 0 Å². The molecule has 0 saturated heterocycles. The molecule has 0 fully saturated rings. The molecule has 7 heteroatoms. The Morgan fingerprint density at radius 1 is 1.45 bits per heavy atom. The predicted molar refractivity (Wildman–Crippen MR) is 72.5 cm³/mol. The van der Waals surface area contributed by atoms with E-state index in [1.54, 1.807) is 18.2 Å². The van der Waals surface area contributed by atoms with Crippen molar-refractivity contribution >= 4 is 17.4 Å². The highest BCUT2D eigenvalue weighted by atomic mass is 35.5. The molecule has 1 aromatic heterocycles. The van der Waals surface area contributed by atoms with Crippen LogP contribution in [0.5, 0.6) is 5.75 Å². The molecule has 104 valence electrons. The Morgan fingerprint density at radius 3 is 3.00 bits per heavy atom. The van der Waals surface area contributed by atoms with E-state index in [9.17, 15) is 4.39 Å². The summed E-state index contributed by atoms with van der Waals surface area (Å²) in [6, 6.07) is 7.77. The molecule has 20 heavy (non-hydrogen) atoms. The average Bonchev–Trinajstić information content (AvgIpc) is 2.48. The summed E-state index contributed by atoms with van der Waals surface area (Å²) in [6.45, 7) is 0.103. The van der Waals surface area contributed by atoms with Crippen molar-refractivity contribution in [3.63, 3.8) is 0 Å². The molecule has 2 aromatic rings. The summed E-state index contributed by atoms with van der Waals surface area (Å²) < 4.78 is 19.0. The number of nitrogens with zero attached hydrogens (tertiary/aromatic N) is 2. The van der Waals surface area contributed by atoms with Crippen LogP contribution in [0.4, 0.5) is 4.39 Å². The fraction of sp³-hybridized carbons (Fsp3) is 0.0769. The number of oxime groups is 1. The van der Waals surface area contributed by atoms with Gasteiger partial charge in [0.2, 0.25) is 0 Å². The smallest absolute Gasteiger partial charge is 0.188 e. The Hall–Kier alpha value is -2.34. The number of rotatable bonds is 4. The second-order valence-electron chi connectivity index (χ2n) is 3.88. The van der Waals surface area contributed by atoms with Crippen molar-refractivity contribution in [2.75, 3.05) is 0 Å². The van der Waals surface area contributed by atoms with Crippen molar-refractivity contribution in [1.29, 1.82) is 0 Å². The van der Waals surface area contributed by atoms with Crippen LogP contribution in [0.15, 0.2) is 41.7 Å². The maximum absolute atomic E-state index is 13.6. The number of pyridine rings is 1. The first-order chi connectivity index (χ1) is 9.61. The summed E-state index contributed by atoms with van der Waals surface area (Å²) in [5, 5.41) is 11.4. The highest BCUT2D eigenvalue weighted by Gasteiger charge is 2.08. The van der Waals surface area contributed by atoms with E-state index in [0.29, 0.717) is 11.3 Å². The van der Waals surface area contributed by atoms with Crippen LogP contribution >= 0.6 is 11.6 Å². The second kappa shape index (κ2) is 6.21. The first-order valence-corrected chi connectivity index (χ1v) is 5.99. The van der Waals surface area contributed by atoms with E-state index in [1.165, 1.54) is 18.3 Å². The molecule has 1 heterocycles. The lowest BCUT2D eigenvalue weighted by atomic mass is 10.2. The molecule has 0 spiro atoms. The minimum absolute atomic E-state index is 0.00502. The molecule has 5 nitrogen and oxygen atoms in total. The summed E-state index contributed by atoms with van der Waals surface area (Å²) in [7, 11) is 0. The number of ether oxygens (including phenoxy) is 1. The standard InChI is InChI=1S/C13H11ClFN3O2/c14-9-2-1-3-11(12(9)15)20-7-8-4-5-17-10(6-8)13(16)18-19/h1-6,19H,7H2,(H2,16,18). The molecule has 0 unspecified atom stereocenters. The van der Waals surface area contributed by atoms with Crippen molar-refractivity contribution in [2.45, 2.75) is 6.61 Å². The van der Waals surface area contributed by atoms with Gasteiger partial charge in [0, 0.05) is 6.20 Å². The van der Waals surface area contributed by atoms with E-state index in [0.717, 1.165) is 0 Å². The van der Waals surface area contributed by atoms with Gasteiger partial charge in [-0.1, -0.05) is 22.8 Å². The van der Waals surface area contributed by atoms with Crippen molar-refractivity contribution in [3.05, 3.63) is 58.6 Å². The zero-order valence-corrected chi connectivity index (χ0v) is 11.0. The molecular formula is C13H11ClFN3O2. The van der Waals surface area contributed by atoms with Gasteiger partial charge >= 0.3 is 0 Å². The van der Waals surface area contributed by atoms with E-state index in [1.807, 2.05) is 0 Å². The summed E-state index contributed by atoms with van der Waals surface area (Å²) >= 11 is 5.66. The summed E-state index contributed by atoms with van der Waals surface area (Å²) in [5.41, 5.74) is 6.43. The third-order valence-corrected chi connectivity index (χ3v) is 2.80. The van der Waals surface area contributed by atoms with Gasteiger partial charge in [-0.25, -0.2) is 4.39 Å². The van der Waals surface area contributed by atoms with Gasteiger partial charge in [0.25, 0.3) is 0 Å². The second-order valence-corrected chi connectivity index (χ2v) is 4.28. The average molecular weight is 296 g/mol.